The molecule has 0 aliphatic heterocycles. The SMILES string of the molecule is CC(C)(C)CC(CNS(=O)(=O)c1ccc(C#N)s1)C(=O)O. The zero-order valence-corrected chi connectivity index (χ0v) is 13.7. The van der Waals surface area contributed by atoms with Crippen LogP contribution in [-0.4, -0.2) is 26.0 Å². The molecule has 0 amide bonds. The standard InChI is InChI=1S/C13H18N2O4S2/c1-13(2,3)6-9(12(16)17)8-15-21(18,19)11-5-4-10(7-14)20-11/h4-5,9,15H,6,8H2,1-3H3,(H,16,17). The lowest BCUT2D eigenvalue weighted by Gasteiger charge is -2.23. The summed E-state index contributed by atoms with van der Waals surface area (Å²) in [5, 5.41) is 17.9. The Morgan fingerprint density at radius 2 is 2.10 bits per heavy atom. The molecule has 1 aromatic heterocycles. The molecule has 1 atom stereocenters. The molecule has 2 N–H and O–H groups in total. The zero-order chi connectivity index (χ0) is 16.3. The van der Waals surface area contributed by atoms with Crippen molar-refractivity contribution in [3.8, 4) is 6.07 Å². The molecule has 0 radical (unpaired) electrons. The fraction of sp³-hybridized carbons (Fsp3) is 0.538. The van der Waals surface area contributed by atoms with Crippen molar-refractivity contribution in [3.05, 3.63) is 17.0 Å². The lowest BCUT2D eigenvalue weighted by atomic mass is 9.85. The molecule has 0 saturated carbocycles. The van der Waals surface area contributed by atoms with Gasteiger partial charge in [-0.25, -0.2) is 13.1 Å². The number of thiophene rings is 1. The van der Waals surface area contributed by atoms with Crippen molar-refractivity contribution in [1.29, 1.82) is 5.26 Å². The normalized spacial score (nSPS) is 13.6. The highest BCUT2D eigenvalue weighted by atomic mass is 32.2. The molecule has 0 bridgehead atoms. The van der Waals surface area contributed by atoms with E-state index in [0.29, 0.717) is 11.3 Å². The summed E-state index contributed by atoms with van der Waals surface area (Å²) in [6.07, 6.45) is 0.360. The van der Waals surface area contributed by atoms with Crippen LogP contribution in [0.25, 0.3) is 0 Å². The lowest BCUT2D eigenvalue weighted by molar-refractivity contribution is -0.142. The Morgan fingerprint density at radius 1 is 1.48 bits per heavy atom. The third kappa shape index (κ3) is 5.46. The minimum atomic E-state index is -3.78. The van der Waals surface area contributed by atoms with Gasteiger partial charge in [0.05, 0.1) is 5.92 Å². The molecule has 21 heavy (non-hydrogen) atoms. The third-order valence-electron chi connectivity index (χ3n) is 2.68. The Morgan fingerprint density at radius 3 is 2.52 bits per heavy atom. The van der Waals surface area contributed by atoms with E-state index in [2.05, 4.69) is 4.72 Å². The second-order valence-corrected chi connectivity index (χ2v) is 8.96. The molecule has 6 nitrogen and oxygen atoms in total. The van der Waals surface area contributed by atoms with E-state index in [9.17, 15) is 18.3 Å². The molecule has 0 saturated heterocycles. The molecule has 0 aliphatic rings. The summed E-state index contributed by atoms with van der Waals surface area (Å²) in [7, 11) is -3.78. The van der Waals surface area contributed by atoms with Gasteiger partial charge in [-0.2, -0.15) is 5.26 Å². The molecule has 0 fully saturated rings. The molecule has 1 unspecified atom stereocenters. The van der Waals surface area contributed by atoms with Crippen LogP contribution in [0.2, 0.25) is 0 Å². The fourth-order valence-electron chi connectivity index (χ4n) is 1.79. The third-order valence-corrected chi connectivity index (χ3v) is 5.59. The number of nitrogens with one attached hydrogen (secondary N) is 1. The summed E-state index contributed by atoms with van der Waals surface area (Å²) in [5.41, 5.74) is -0.217. The van der Waals surface area contributed by atoms with E-state index in [1.165, 1.54) is 12.1 Å². The van der Waals surface area contributed by atoms with E-state index in [0.717, 1.165) is 11.3 Å². The smallest absolute Gasteiger partial charge is 0.307 e. The monoisotopic (exact) mass is 330 g/mol. The zero-order valence-electron chi connectivity index (χ0n) is 12.1. The number of carboxylic acid groups (broad SMARTS) is 1. The van der Waals surface area contributed by atoms with Gasteiger partial charge in [-0.05, 0) is 24.0 Å². The van der Waals surface area contributed by atoms with Gasteiger partial charge in [0.1, 0.15) is 15.2 Å². The maximum absolute atomic E-state index is 12.1. The van der Waals surface area contributed by atoms with Crippen LogP contribution in [0.3, 0.4) is 0 Å². The van der Waals surface area contributed by atoms with E-state index in [1.54, 1.807) is 0 Å². The predicted octanol–water partition coefficient (Wildman–Crippen LogP) is 2.04. The molecule has 1 rings (SSSR count). The van der Waals surface area contributed by atoms with E-state index in [1.807, 2.05) is 26.8 Å². The number of carbonyl (C=O) groups is 1. The molecule has 8 heteroatoms. The predicted molar refractivity (Wildman–Crippen MR) is 79.4 cm³/mol. The topological polar surface area (TPSA) is 107 Å². The highest BCUT2D eigenvalue weighted by molar-refractivity contribution is 7.91. The quantitative estimate of drug-likeness (QED) is 0.830. The Hall–Kier alpha value is -1.43. The number of nitriles is 1. The second kappa shape index (κ2) is 6.56. The van der Waals surface area contributed by atoms with Gasteiger partial charge in [0, 0.05) is 6.54 Å². The number of aliphatic carboxylic acids is 1. The van der Waals surface area contributed by atoms with Crippen LogP contribution in [0, 0.1) is 22.7 Å². The summed E-state index contributed by atoms with van der Waals surface area (Å²) in [4.78, 5) is 11.5. The maximum Gasteiger partial charge on any atom is 0.307 e. The summed E-state index contributed by atoms with van der Waals surface area (Å²) in [6.45, 7) is 5.52. The van der Waals surface area contributed by atoms with E-state index in [4.69, 9.17) is 5.26 Å². The highest BCUT2D eigenvalue weighted by Gasteiger charge is 2.27. The van der Waals surface area contributed by atoms with E-state index in [-0.39, 0.29) is 16.2 Å². The van der Waals surface area contributed by atoms with Crippen LogP contribution < -0.4 is 4.72 Å². The van der Waals surface area contributed by atoms with Crippen molar-refractivity contribution in [3.63, 3.8) is 0 Å². The molecule has 1 aromatic rings. The molecule has 0 aliphatic carbocycles. The summed E-state index contributed by atoms with van der Waals surface area (Å²) in [5.74, 6) is -1.83. The first-order chi connectivity index (χ1) is 9.55. The molecule has 0 aromatic carbocycles. The average molecular weight is 330 g/mol. The first-order valence-corrected chi connectivity index (χ1v) is 8.57. The van der Waals surface area contributed by atoms with Gasteiger partial charge in [0.15, 0.2) is 0 Å². The minimum absolute atomic E-state index is 0.0129. The van der Waals surface area contributed by atoms with E-state index < -0.39 is 21.9 Å². The Bertz CT molecular complexity index is 650. The lowest BCUT2D eigenvalue weighted by Crippen LogP contribution is -2.34. The summed E-state index contributed by atoms with van der Waals surface area (Å²) >= 11 is 0.854. The van der Waals surface area contributed by atoms with Crippen molar-refractivity contribution in [2.45, 2.75) is 31.4 Å². The Kier molecular flexibility index (Phi) is 5.50. The van der Waals surface area contributed by atoms with Crippen molar-refractivity contribution in [2.24, 2.45) is 11.3 Å². The van der Waals surface area contributed by atoms with Crippen molar-refractivity contribution in [2.75, 3.05) is 6.54 Å². The molecular formula is C13H18N2O4S2. The van der Waals surface area contributed by atoms with Crippen LogP contribution in [0.4, 0.5) is 0 Å². The molecular weight excluding hydrogens is 312 g/mol. The number of carboxylic acids is 1. The van der Waals surface area contributed by atoms with Crippen molar-refractivity contribution >= 4 is 27.3 Å². The van der Waals surface area contributed by atoms with Crippen molar-refractivity contribution in [1.82, 2.24) is 4.72 Å². The summed E-state index contributed by atoms with van der Waals surface area (Å²) < 4.78 is 26.4. The van der Waals surface area contributed by atoms with Crippen LogP contribution in [-0.2, 0) is 14.8 Å². The van der Waals surface area contributed by atoms with Gasteiger partial charge < -0.3 is 5.11 Å². The van der Waals surface area contributed by atoms with E-state index >= 15 is 0 Å². The highest BCUT2D eigenvalue weighted by Crippen LogP contribution is 2.25. The maximum atomic E-state index is 12.1. The number of nitrogens with zero attached hydrogens (tertiary/aromatic N) is 1. The van der Waals surface area contributed by atoms with Crippen LogP contribution in [0.1, 0.15) is 32.1 Å². The molecule has 0 spiro atoms. The van der Waals surface area contributed by atoms with Crippen molar-refractivity contribution < 1.29 is 18.3 Å². The van der Waals surface area contributed by atoms with Gasteiger partial charge in [-0.1, -0.05) is 20.8 Å². The average Bonchev–Trinajstić information content (AvgIpc) is 2.82. The van der Waals surface area contributed by atoms with Gasteiger partial charge in [0.25, 0.3) is 0 Å². The molecule has 116 valence electrons. The molecule has 1 heterocycles. The van der Waals surface area contributed by atoms with Gasteiger partial charge in [-0.15, -0.1) is 11.3 Å². The summed E-state index contributed by atoms with van der Waals surface area (Å²) in [6, 6.07) is 4.62. The van der Waals surface area contributed by atoms with Gasteiger partial charge >= 0.3 is 5.97 Å². The van der Waals surface area contributed by atoms with Gasteiger partial charge in [-0.3, -0.25) is 4.79 Å². The van der Waals surface area contributed by atoms with Crippen LogP contribution in [0.5, 0.6) is 0 Å². The minimum Gasteiger partial charge on any atom is -0.481 e. The van der Waals surface area contributed by atoms with Crippen LogP contribution >= 0.6 is 11.3 Å². The Labute approximate surface area is 128 Å². The number of hydrogen-bond acceptors (Lipinski definition) is 5. The number of sulfonamides is 1. The second-order valence-electron chi connectivity index (χ2n) is 5.88. The number of rotatable bonds is 6. The first-order valence-electron chi connectivity index (χ1n) is 6.27. The number of hydrogen-bond donors (Lipinski definition) is 2. The Balaban J connectivity index is 2.79. The van der Waals surface area contributed by atoms with Gasteiger partial charge in [0.2, 0.25) is 10.0 Å². The largest absolute Gasteiger partial charge is 0.481 e. The first kappa shape index (κ1) is 17.6. The fourth-order valence-corrected chi connectivity index (χ4v) is 4.02. The van der Waals surface area contributed by atoms with Crippen LogP contribution in [0.15, 0.2) is 16.3 Å².